The van der Waals surface area contributed by atoms with Gasteiger partial charge in [0.05, 0.1) is 24.5 Å². The van der Waals surface area contributed by atoms with Crippen molar-refractivity contribution in [3.63, 3.8) is 0 Å². The molecule has 1 N–H and O–H groups in total. The summed E-state index contributed by atoms with van der Waals surface area (Å²) in [5.74, 6) is 1.14. The molecule has 2 heterocycles. The van der Waals surface area contributed by atoms with Crippen LogP contribution in [-0.2, 0) is 17.0 Å². The van der Waals surface area contributed by atoms with Crippen molar-refractivity contribution in [1.29, 1.82) is 0 Å². The molecule has 6 nitrogen and oxygen atoms in total. The fraction of sp³-hybridized carbons (Fsp3) is 0.261. The number of aliphatic carboxylic acids is 1. The highest BCUT2D eigenvalue weighted by Crippen LogP contribution is 2.27. The summed E-state index contributed by atoms with van der Waals surface area (Å²) < 4.78 is 11.1. The summed E-state index contributed by atoms with van der Waals surface area (Å²) in [4.78, 5) is 19.8. The molecule has 0 bridgehead atoms. The summed E-state index contributed by atoms with van der Waals surface area (Å²) in [5, 5.41) is 12.7. The van der Waals surface area contributed by atoms with Gasteiger partial charge in [-0.2, -0.15) is 0 Å². The Bertz CT molecular complexity index is 989. The smallest absolute Gasteiger partial charge is 0.328 e. The van der Waals surface area contributed by atoms with Crippen LogP contribution in [0.5, 0.6) is 11.5 Å². The molecule has 162 valence electrons. The predicted molar refractivity (Wildman–Crippen MR) is 124 cm³/mol. The maximum atomic E-state index is 10.9. The molecule has 2 aromatic heterocycles. The van der Waals surface area contributed by atoms with Crippen LogP contribution in [0.4, 0.5) is 0 Å². The number of carboxylic acids is 1. The lowest BCUT2D eigenvalue weighted by molar-refractivity contribution is -0.131. The van der Waals surface area contributed by atoms with Gasteiger partial charge < -0.3 is 14.6 Å². The van der Waals surface area contributed by atoms with E-state index in [0.717, 1.165) is 46.9 Å². The number of aromatic nitrogens is 2. The van der Waals surface area contributed by atoms with Gasteiger partial charge in [0.2, 0.25) is 0 Å². The average Bonchev–Trinajstić information content (AvgIpc) is 3.31. The third-order valence-electron chi connectivity index (χ3n) is 4.35. The number of pyridine rings is 1. The predicted octanol–water partition coefficient (Wildman–Crippen LogP) is 5.34. The second-order valence-corrected chi connectivity index (χ2v) is 8.55. The maximum absolute atomic E-state index is 10.9. The van der Waals surface area contributed by atoms with Gasteiger partial charge in [-0.15, -0.1) is 11.3 Å². The number of unbranched alkanes of at least 4 members (excludes halogenated alkanes) is 1. The van der Waals surface area contributed by atoms with E-state index in [1.807, 2.05) is 29.6 Å². The topological polar surface area (TPSA) is 81.5 Å². The Labute approximate surface area is 190 Å². The molecule has 0 unspecified atom stereocenters. The number of carboxylic acid groups (broad SMARTS) is 1. The number of nitrogens with zero attached hydrogens (tertiary/aromatic N) is 2. The first kappa shape index (κ1) is 22.8. The Balaban J connectivity index is 1.53. The van der Waals surface area contributed by atoms with Crippen LogP contribution in [0, 0.1) is 0 Å². The van der Waals surface area contributed by atoms with Crippen molar-refractivity contribution in [1.82, 2.24) is 9.97 Å². The molecule has 3 aromatic rings. The second kappa shape index (κ2) is 12.1. The second-order valence-electron chi connectivity index (χ2n) is 6.57. The van der Waals surface area contributed by atoms with Crippen LogP contribution < -0.4 is 9.47 Å². The molecule has 3 rings (SSSR count). The zero-order valence-corrected chi connectivity index (χ0v) is 18.8. The highest BCUT2D eigenvalue weighted by Gasteiger charge is 2.08. The molecule has 8 heteroatoms. The van der Waals surface area contributed by atoms with Gasteiger partial charge in [-0.25, -0.2) is 14.8 Å². The van der Waals surface area contributed by atoms with Gasteiger partial charge in [-0.3, -0.25) is 0 Å². The molecule has 0 radical (unpaired) electrons. The standard InChI is InChI=1S/C23H24N2O4S2/c1-28-18-7-5-17(6-8-18)4-2-3-14-29-20-10-11-21(25-19(20)9-12-23(26)27)31-16-22-24-13-15-30-22/h5-13,15H,2-4,14,16H2,1H3,(H,26,27). The number of carbonyl (C=O) groups is 1. The Hall–Kier alpha value is -2.84. The molecule has 0 aliphatic rings. The van der Waals surface area contributed by atoms with Crippen molar-refractivity contribution >= 4 is 35.1 Å². The summed E-state index contributed by atoms with van der Waals surface area (Å²) in [6.45, 7) is 0.539. The first-order valence-electron chi connectivity index (χ1n) is 9.83. The first-order valence-corrected chi connectivity index (χ1v) is 11.7. The van der Waals surface area contributed by atoms with E-state index >= 15 is 0 Å². The molecule has 1 aromatic carbocycles. The zero-order chi connectivity index (χ0) is 21.9. The van der Waals surface area contributed by atoms with Crippen LogP contribution in [0.15, 0.2) is 59.1 Å². The minimum absolute atomic E-state index is 0.515. The largest absolute Gasteiger partial charge is 0.497 e. The van der Waals surface area contributed by atoms with Gasteiger partial charge >= 0.3 is 5.97 Å². The molecule has 0 atom stereocenters. The van der Waals surface area contributed by atoms with Crippen molar-refractivity contribution in [2.75, 3.05) is 13.7 Å². The highest BCUT2D eigenvalue weighted by atomic mass is 32.2. The number of benzene rings is 1. The van der Waals surface area contributed by atoms with Gasteiger partial charge in [-0.1, -0.05) is 23.9 Å². The van der Waals surface area contributed by atoms with E-state index in [0.29, 0.717) is 18.1 Å². The monoisotopic (exact) mass is 456 g/mol. The molecule has 0 aliphatic carbocycles. The fourth-order valence-corrected chi connectivity index (χ4v) is 4.30. The van der Waals surface area contributed by atoms with Crippen LogP contribution in [-0.4, -0.2) is 34.8 Å². The van der Waals surface area contributed by atoms with Crippen molar-refractivity contribution in [3.8, 4) is 11.5 Å². The lowest BCUT2D eigenvalue weighted by atomic mass is 10.1. The lowest BCUT2D eigenvalue weighted by Gasteiger charge is -2.10. The van der Waals surface area contributed by atoms with Gasteiger partial charge in [0, 0.05) is 17.7 Å². The van der Waals surface area contributed by atoms with Gasteiger partial charge in [0.25, 0.3) is 0 Å². The molecule has 0 aliphatic heterocycles. The normalized spacial score (nSPS) is 11.0. The van der Waals surface area contributed by atoms with Crippen LogP contribution in [0.25, 0.3) is 6.08 Å². The van der Waals surface area contributed by atoms with E-state index in [9.17, 15) is 4.79 Å². The maximum Gasteiger partial charge on any atom is 0.328 e. The van der Waals surface area contributed by atoms with Gasteiger partial charge in [0.15, 0.2) is 0 Å². The molecule has 0 fully saturated rings. The lowest BCUT2D eigenvalue weighted by Crippen LogP contribution is -2.01. The molecule has 31 heavy (non-hydrogen) atoms. The van der Waals surface area contributed by atoms with Gasteiger partial charge in [-0.05, 0) is 55.2 Å². The first-order chi connectivity index (χ1) is 15.1. The summed E-state index contributed by atoms with van der Waals surface area (Å²) >= 11 is 3.16. The van der Waals surface area contributed by atoms with Crippen molar-refractivity contribution in [2.24, 2.45) is 0 Å². The molecular formula is C23H24N2O4S2. The zero-order valence-electron chi connectivity index (χ0n) is 17.2. The number of methoxy groups -OCH3 is 1. The summed E-state index contributed by atoms with van der Waals surface area (Å²) in [6, 6.07) is 11.8. The van der Waals surface area contributed by atoms with Crippen LogP contribution in [0.1, 0.15) is 29.1 Å². The third-order valence-corrected chi connectivity index (χ3v) is 6.25. The average molecular weight is 457 g/mol. The number of hydrogen-bond donors (Lipinski definition) is 1. The van der Waals surface area contributed by atoms with Crippen LogP contribution in [0.2, 0.25) is 0 Å². The minimum Gasteiger partial charge on any atom is -0.497 e. The molecule has 0 amide bonds. The van der Waals surface area contributed by atoms with Crippen molar-refractivity contribution in [2.45, 2.75) is 30.0 Å². The molecule has 0 saturated carbocycles. The van der Waals surface area contributed by atoms with E-state index in [-0.39, 0.29) is 0 Å². The minimum atomic E-state index is -1.02. The third kappa shape index (κ3) is 7.73. The highest BCUT2D eigenvalue weighted by molar-refractivity contribution is 7.98. The molecule has 0 saturated heterocycles. The van der Waals surface area contributed by atoms with E-state index in [2.05, 4.69) is 22.1 Å². The number of rotatable bonds is 12. The SMILES string of the molecule is COc1ccc(CCCCOc2ccc(SCc3nccs3)nc2C=CC(=O)O)cc1. The number of aryl methyl sites for hydroxylation is 1. The summed E-state index contributed by atoms with van der Waals surface area (Å²) in [5.41, 5.74) is 1.77. The van der Waals surface area contributed by atoms with Crippen molar-refractivity contribution in [3.05, 3.63) is 70.3 Å². The van der Waals surface area contributed by atoms with Gasteiger partial charge in [0.1, 0.15) is 22.2 Å². The number of thioether (sulfide) groups is 1. The van der Waals surface area contributed by atoms with Crippen LogP contribution >= 0.6 is 23.1 Å². The van der Waals surface area contributed by atoms with E-state index < -0.39 is 5.97 Å². The molecular weight excluding hydrogens is 432 g/mol. The fourth-order valence-electron chi connectivity index (χ4n) is 2.78. The Morgan fingerprint density at radius 1 is 1.19 bits per heavy atom. The Morgan fingerprint density at radius 3 is 2.74 bits per heavy atom. The number of thiazole rings is 1. The molecule has 0 spiro atoms. The number of ether oxygens (including phenoxy) is 2. The quantitative estimate of drug-likeness (QED) is 0.224. The Morgan fingerprint density at radius 2 is 2.03 bits per heavy atom. The van der Waals surface area contributed by atoms with Crippen LogP contribution in [0.3, 0.4) is 0 Å². The summed E-state index contributed by atoms with van der Waals surface area (Å²) in [7, 11) is 1.66. The number of hydrogen-bond acceptors (Lipinski definition) is 7. The van der Waals surface area contributed by atoms with E-state index in [1.165, 1.54) is 11.6 Å². The van der Waals surface area contributed by atoms with E-state index in [4.69, 9.17) is 14.6 Å². The Kier molecular flexibility index (Phi) is 8.93. The van der Waals surface area contributed by atoms with E-state index in [1.54, 1.807) is 36.4 Å². The van der Waals surface area contributed by atoms with Crippen molar-refractivity contribution < 1.29 is 19.4 Å². The summed E-state index contributed by atoms with van der Waals surface area (Å²) in [6.07, 6.45) is 7.16.